The highest BCUT2D eigenvalue weighted by atomic mass is 15.3. The molecule has 2 heterocycles. The van der Waals surface area contributed by atoms with Gasteiger partial charge in [-0.3, -0.25) is 0 Å². The molecule has 0 aliphatic heterocycles. The predicted molar refractivity (Wildman–Crippen MR) is 160 cm³/mol. The molecule has 0 saturated carbocycles. The van der Waals surface area contributed by atoms with Crippen LogP contribution in [0.4, 0.5) is 0 Å². The number of para-hydroxylation sites is 4. The quantitative estimate of drug-likeness (QED) is 0.221. The summed E-state index contributed by atoms with van der Waals surface area (Å²) in [5, 5.41) is 5.09. The molecule has 5 aromatic carbocycles. The van der Waals surface area contributed by atoms with Gasteiger partial charge in [-0.15, -0.1) is 0 Å². The average Bonchev–Trinajstić information content (AvgIpc) is 3.52. The summed E-state index contributed by atoms with van der Waals surface area (Å²) in [7, 11) is 0. The third kappa shape index (κ3) is 2.89. The molecule has 2 nitrogen and oxygen atoms in total. The van der Waals surface area contributed by atoms with Crippen LogP contribution < -0.4 is 0 Å². The van der Waals surface area contributed by atoms with Crippen LogP contribution in [0.1, 0.15) is 11.5 Å². The molecule has 1 aliphatic rings. The standard InChI is InChI=1S/C36H26N2/c1-2-12-26(13-3-1)27-22-24-36(25-23-27,37-32-18-8-4-14-28(32)29-15-5-9-19-33(29)37)38-34-20-10-6-16-30(34)31-17-7-11-21-35(31)38/h1-25,27H. The summed E-state index contributed by atoms with van der Waals surface area (Å²) in [5.41, 5.74) is 5.63. The summed E-state index contributed by atoms with van der Waals surface area (Å²) in [5.74, 6) is 0.227. The molecule has 0 N–H and O–H groups in total. The Morgan fingerprint density at radius 3 is 1.13 bits per heavy atom. The summed E-state index contributed by atoms with van der Waals surface area (Å²) in [6.07, 6.45) is 9.59. The van der Waals surface area contributed by atoms with Gasteiger partial charge in [-0.05, 0) is 42.0 Å². The molecule has 7 aromatic rings. The van der Waals surface area contributed by atoms with Crippen molar-refractivity contribution in [1.82, 2.24) is 9.13 Å². The number of nitrogens with zero attached hydrogens (tertiary/aromatic N) is 2. The second-order valence-electron chi connectivity index (χ2n) is 10.2. The van der Waals surface area contributed by atoms with E-state index in [4.69, 9.17) is 0 Å². The first-order chi connectivity index (χ1) is 18.9. The van der Waals surface area contributed by atoms with Gasteiger partial charge in [-0.1, -0.05) is 115 Å². The Morgan fingerprint density at radius 1 is 0.395 bits per heavy atom. The number of allylic oxidation sites excluding steroid dienone is 4. The Kier molecular flexibility index (Phi) is 4.53. The number of hydrogen-bond donors (Lipinski definition) is 0. The number of rotatable bonds is 3. The van der Waals surface area contributed by atoms with Crippen LogP contribution >= 0.6 is 0 Å². The number of hydrogen-bond acceptors (Lipinski definition) is 0. The topological polar surface area (TPSA) is 9.86 Å². The zero-order valence-corrected chi connectivity index (χ0v) is 20.9. The minimum atomic E-state index is -0.573. The lowest BCUT2D eigenvalue weighted by molar-refractivity contribution is 0.432. The van der Waals surface area contributed by atoms with E-state index in [0.29, 0.717) is 0 Å². The molecular formula is C36H26N2. The smallest absolute Gasteiger partial charge is 0.160 e. The number of benzene rings is 5. The second-order valence-corrected chi connectivity index (χ2v) is 10.2. The second kappa shape index (κ2) is 8.09. The van der Waals surface area contributed by atoms with Gasteiger partial charge >= 0.3 is 0 Å². The average molecular weight is 487 g/mol. The van der Waals surface area contributed by atoms with Crippen LogP contribution in [0.3, 0.4) is 0 Å². The van der Waals surface area contributed by atoms with Crippen molar-refractivity contribution in [2.45, 2.75) is 11.6 Å². The van der Waals surface area contributed by atoms with Crippen molar-refractivity contribution in [2.24, 2.45) is 0 Å². The first-order valence-corrected chi connectivity index (χ1v) is 13.3. The monoisotopic (exact) mass is 486 g/mol. The van der Waals surface area contributed by atoms with Crippen molar-refractivity contribution in [3.63, 3.8) is 0 Å². The minimum absolute atomic E-state index is 0.227. The van der Waals surface area contributed by atoms with E-state index in [1.165, 1.54) is 49.2 Å². The van der Waals surface area contributed by atoms with Crippen LogP contribution in [-0.4, -0.2) is 9.13 Å². The molecule has 0 amide bonds. The molecule has 2 aromatic heterocycles. The minimum Gasteiger partial charge on any atom is -0.309 e. The highest BCUT2D eigenvalue weighted by molar-refractivity contribution is 6.10. The molecule has 180 valence electrons. The van der Waals surface area contributed by atoms with Gasteiger partial charge in [0.05, 0.1) is 22.1 Å². The molecule has 0 atom stereocenters. The predicted octanol–water partition coefficient (Wildman–Crippen LogP) is 9.01. The molecule has 2 heteroatoms. The summed E-state index contributed by atoms with van der Waals surface area (Å²) >= 11 is 0. The molecule has 0 spiro atoms. The fraction of sp³-hybridized carbons (Fsp3) is 0.0556. The maximum atomic E-state index is 2.53. The van der Waals surface area contributed by atoms with Gasteiger partial charge in [0.1, 0.15) is 0 Å². The lowest BCUT2D eigenvalue weighted by Crippen LogP contribution is -2.38. The highest BCUT2D eigenvalue weighted by Crippen LogP contribution is 2.44. The van der Waals surface area contributed by atoms with Crippen LogP contribution in [0.15, 0.2) is 152 Å². The van der Waals surface area contributed by atoms with Gasteiger partial charge in [0.15, 0.2) is 5.66 Å². The highest BCUT2D eigenvalue weighted by Gasteiger charge is 2.36. The van der Waals surface area contributed by atoms with E-state index < -0.39 is 5.66 Å². The van der Waals surface area contributed by atoms with E-state index in [1.807, 2.05) is 0 Å². The summed E-state index contributed by atoms with van der Waals surface area (Å²) in [6.45, 7) is 0. The zero-order valence-electron chi connectivity index (χ0n) is 20.9. The van der Waals surface area contributed by atoms with E-state index in [2.05, 4.69) is 161 Å². The Morgan fingerprint density at radius 2 is 0.737 bits per heavy atom. The molecule has 0 fully saturated rings. The van der Waals surface area contributed by atoms with Crippen molar-refractivity contribution in [2.75, 3.05) is 0 Å². The van der Waals surface area contributed by atoms with Crippen molar-refractivity contribution in [3.8, 4) is 0 Å². The van der Waals surface area contributed by atoms with Gasteiger partial charge in [0, 0.05) is 27.5 Å². The molecule has 1 aliphatic carbocycles. The summed E-state index contributed by atoms with van der Waals surface area (Å²) in [4.78, 5) is 0. The third-order valence-electron chi connectivity index (χ3n) is 8.16. The largest absolute Gasteiger partial charge is 0.309 e. The zero-order chi connectivity index (χ0) is 25.1. The first-order valence-electron chi connectivity index (χ1n) is 13.3. The number of aromatic nitrogens is 2. The Labute approximate surface area is 221 Å². The SMILES string of the molecule is C1=CC(n2c3ccccc3c3ccccc32)(n2c3ccccc3c3ccccc32)C=CC1c1ccccc1. The third-order valence-corrected chi connectivity index (χ3v) is 8.16. The van der Waals surface area contributed by atoms with E-state index in [1.54, 1.807) is 0 Å². The molecule has 0 radical (unpaired) electrons. The van der Waals surface area contributed by atoms with Gasteiger partial charge in [0.25, 0.3) is 0 Å². The lowest BCUT2D eigenvalue weighted by atomic mass is 9.90. The van der Waals surface area contributed by atoms with Crippen molar-refractivity contribution in [3.05, 3.63) is 157 Å². The lowest BCUT2D eigenvalue weighted by Gasteiger charge is -2.37. The van der Waals surface area contributed by atoms with Crippen LogP contribution in [0, 0.1) is 0 Å². The Balaban J connectivity index is 1.52. The van der Waals surface area contributed by atoms with Gasteiger partial charge < -0.3 is 9.13 Å². The van der Waals surface area contributed by atoms with E-state index >= 15 is 0 Å². The van der Waals surface area contributed by atoms with E-state index in [-0.39, 0.29) is 5.92 Å². The maximum Gasteiger partial charge on any atom is 0.160 e. The first kappa shape index (κ1) is 21.3. The van der Waals surface area contributed by atoms with Crippen LogP contribution in [-0.2, 0) is 5.66 Å². The van der Waals surface area contributed by atoms with Crippen LogP contribution in [0.25, 0.3) is 43.6 Å². The van der Waals surface area contributed by atoms with Crippen molar-refractivity contribution < 1.29 is 0 Å². The Hall–Kier alpha value is -4.82. The molecule has 0 bridgehead atoms. The fourth-order valence-electron chi connectivity index (χ4n) is 6.52. The fourth-order valence-corrected chi connectivity index (χ4v) is 6.52. The van der Waals surface area contributed by atoms with Crippen LogP contribution in [0.2, 0.25) is 0 Å². The van der Waals surface area contributed by atoms with Gasteiger partial charge in [-0.25, -0.2) is 0 Å². The number of fused-ring (bicyclic) bond motifs is 6. The summed E-state index contributed by atoms with van der Waals surface area (Å²) < 4.78 is 5.06. The molecular weight excluding hydrogens is 460 g/mol. The molecule has 8 rings (SSSR count). The normalized spacial score (nSPS) is 15.3. The van der Waals surface area contributed by atoms with E-state index in [9.17, 15) is 0 Å². The summed E-state index contributed by atoms with van der Waals surface area (Å²) in [6, 6.07) is 46.0. The van der Waals surface area contributed by atoms with Crippen LogP contribution in [0.5, 0.6) is 0 Å². The van der Waals surface area contributed by atoms with Gasteiger partial charge in [0.2, 0.25) is 0 Å². The van der Waals surface area contributed by atoms with Gasteiger partial charge in [-0.2, -0.15) is 0 Å². The molecule has 0 unspecified atom stereocenters. The molecule has 0 saturated heterocycles. The maximum absolute atomic E-state index is 2.53. The Bertz CT molecular complexity index is 1800. The van der Waals surface area contributed by atoms with Crippen molar-refractivity contribution in [1.29, 1.82) is 0 Å². The van der Waals surface area contributed by atoms with Crippen molar-refractivity contribution >= 4 is 43.6 Å². The molecule has 38 heavy (non-hydrogen) atoms. The van der Waals surface area contributed by atoms with E-state index in [0.717, 1.165) is 0 Å².